The number of aliphatic imine (C=N–C) groups is 1. The highest BCUT2D eigenvalue weighted by Gasteiger charge is 2.23. The summed E-state index contributed by atoms with van der Waals surface area (Å²) < 4.78 is 10.9. The van der Waals surface area contributed by atoms with Crippen LogP contribution in [0, 0.1) is 5.92 Å². The SMILES string of the molecule is CN=C(NCCc1ccccc1OC)NCC(C(C)C)N1CCOCC1.I. The van der Waals surface area contributed by atoms with Crippen molar-refractivity contribution in [3.8, 4) is 5.75 Å². The van der Waals surface area contributed by atoms with E-state index in [-0.39, 0.29) is 24.0 Å². The van der Waals surface area contributed by atoms with Gasteiger partial charge in [0.2, 0.25) is 0 Å². The second-order valence-corrected chi connectivity index (χ2v) is 6.90. The van der Waals surface area contributed by atoms with E-state index in [1.807, 2.05) is 25.2 Å². The molecule has 0 aromatic heterocycles. The van der Waals surface area contributed by atoms with Crippen molar-refractivity contribution in [2.24, 2.45) is 10.9 Å². The number of methoxy groups -OCH3 is 1. The molecule has 0 aliphatic carbocycles. The van der Waals surface area contributed by atoms with E-state index in [9.17, 15) is 0 Å². The Labute approximate surface area is 181 Å². The van der Waals surface area contributed by atoms with Crippen LogP contribution < -0.4 is 15.4 Å². The molecule has 0 radical (unpaired) electrons. The van der Waals surface area contributed by atoms with Crippen LogP contribution in [0.3, 0.4) is 0 Å². The summed E-state index contributed by atoms with van der Waals surface area (Å²) in [5.41, 5.74) is 1.20. The highest BCUT2D eigenvalue weighted by atomic mass is 127. The van der Waals surface area contributed by atoms with Crippen LogP contribution >= 0.6 is 24.0 Å². The fourth-order valence-corrected chi connectivity index (χ4v) is 3.34. The first-order valence-corrected chi connectivity index (χ1v) is 9.54. The lowest BCUT2D eigenvalue weighted by molar-refractivity contribution is 0.00752. The van der Waals surface area contributed by atoms with Crippen LogP contribution in [0.5, 0.6) is 5.75 Å². The van der Waals surface area contributed by atoms with E-state index < -0.39 is 0 Å². The Hall–Kier alpha value is -1.06. The number of hydrogen-bond donors (Lipinski definition) is 2. The van der Waals surface area contributed by atoms with Crippen molar-refractivity contribution in [1.29, 1.82) is 0 Å². The summed E-state index contributed by atoms with van der Waals surface area (Å²) in [5.74, 6) is 2.36. The molecule has 1 heterocycles. The van der Waals surface area contributed by atoms with Gasteiger partial charge < -0.3 is 20.1 Å². The molecule has 27 heavy (non-hydrogen) atoms. The molecule has 1 aromatic rings. The van der Waals surface area contributed by atoms with Gasteiger partial charge in [0, 0.05) is 39.3 Å². The Bertz CT molecular complexity index is 563. The van der Waals surface area contributed by atoms with Gasteiger partial charge in [0.15, 0.2) is 5.96 Å². The second kappa shape index (κ2) is 13.2. The molecule has 0 saturated carbocycles. The number of nitrogens with zero attached hydrogens (tertiary/aromatic N) is 2. The van der Waals surface area contributed by atoms with Gasteiger partial charge in [-0.05, 0) is 24.0 Å². The van der Waals surface area contributed by atoms with Gasteiger partial charge >= 0.3 is 0 Å². The van der Waals surface area contributed by atoms with E-state index in [0.29, 0.717) is 12.0 Å². The number of rotatable bonds is 8. The van der Waals surface area contributed by atoms with E-state index in [0.717, 1.165) is 57.5 Å². The van der Waals surface area contributed by atoms with Gasteiger partial charge in [0.05, 0.1) is 20.3 Å². The Morgan fingerprint density at radius 3 is 2.56 bits per heavy atom. The van der Waals surface area contributed by atoms with Gasteiger partial charge in [0.1, 0.15) is 5.75 Å². The molecule has 1 unspecified atom stereocenters. The molecule has 7 heteroatoms. The number of halogens is 1. The highest BCUT2D eigenvalue weighted by molar-refractivity contribution is 14.0. The second-order valence-electron chi connectivity index (χ2n) is 6.90. The summed E-state index contributed by atoms with van der Waals surface area (Å²) in [6, 6.07) is 8.61. The third-order valence-electron chi connectivity index (χ3n) is 4.87. The van der Waals surface area contributed by atoms with Crippen molar-refractivity contribution >= 4 is 29.9 Å². The fraction of sp³-hybridized carbons (Fsp3) is 0.650. The van der Waals surface area contributed by atoms with E-state index in [1.54, 1.807) is 7.11 Å². The molecule has 154 valence electrons. The number of nitrogens with one attached hydrogen (secondary N) is 2. The van der Waals surface area contributed by atoms with Crippen LogP contribution in [0.15, 0.2) is 29.3 Å². The quantitative estimate of drug-likeness (QED) is 0.333. The van der Waals surface area contributed by atoms with Gasteiger partial charge in [-0.3, -0.25) is 9.89 Å². The maximum atomic E-state index is 5.48. The minimum absolute atomic E-state index is 0. The standard InChI is InChI=1S/C20H34N4O2.HI/c1-16(2)18(24-11-13-26-14-12-24)15-23-20(21-3)22-10-9-17-7-5-6-8-19(17)25-4;/h5-8,16,18H,9-15H2,1-4H3,(H2,21,22,23);1H. The number of ether oxygens (including phenoxy) is 2. The molecule has 1 saturated heterocycles. The molecule has 1 atom stereocenters. The number of guanidine groups is 1. The van der Waals surface area contributed by atoms with Gasteiger partial charge in [-0.2, -0.15) is 0 Å². The van der Waals surface area contributed by atoms with Gasteiger partial charge in [-0.1, -0.05) is 32.0 Å². The van der Waals surface area contributed by atoms with Crippen LogP contribution in [0.4, 0.5) is 0 Å². The van der Waals surface area contributed by atoms with E-state index in [4.69, 9.17) is 9.47 Å². The van der Waals surface area contributed by atoms with Gasteiger partial charge in [0.25, 0.3) is 0 Å². The third kappa shape index (κ3) is 7.83. The monoisotopic (exact) mass is 490 g/mol. The summed E-state index contributed by atoms with van der Waals surface area (Å²) in [7, 11) is 3.53. The first-order valence-electron chi connectivity index (χ1n) is 9.54. The first-order chi connectivity index (χ1) is 12.7. The molecule has 1 aromatic carbocycles. The normalized spacial score (nSPS) is 16.6. The maximum Gasteiger partial charge on any atom is 0.191 e. The molecular weight excluding hydrogens is 455 g/mol. The Morgan fingerprint density at radius 1 is 1.22 bits per heavy atom. The summed E-state index contributed by atoms with van der Waals surface area (Å²) in [6.45, 7) is 9.91. The van der Waals surface area contributed by atoms with Crippen molar-refractivity contribution in [3.05, 3.63) is 29.8 Å². The van der Waals surface area contributed by atoms with Crippen molar-refractivity contribution in [2.75, 3.05) is 53.6 Å². The van der Waals surface area contributed by atoms with Crippen LogP contribution in [0.1, 0.15) is 19.4 Å². The zero-order valence-corrected chi connectivity index (χ0v) is 19.4. The molecule has 1 fully saturated rings. The smallest absolute Gasteiger partial charge is 0.191 e. The van der Waals surface area contributed by atoms with Crippen molar-refractivity contribution in [1.82, 2.24) is 15.5 Å². The molecule has 1 aliphatic rings. The van der Waals surface area contributed by atoms with E-state index >= 15 is 0 Å². The van der Waals surface area contributed by atoms with Crippen molar-refractivity contribution < 1.29 is 9.47 Å². The predicted molar refractivity (Wildman–Crippen MR) is 122 cm³/mol. The predicted octanol–water partition coefficient (Wildman–Crippen LogP) is 2.38. The minimum atomic E-state index is 0. The highest BCUT2D eigenvalue weighted by Crippen LogP contribution is 2.17. The van der Waals surface area contributed by atoms with Crippen LogP contribution in [-0.2, 0) is 11.2 Å². The fourth-order valence-electron chi connectivity index (χ4n) is 3.34. The van der Waals surface area contributed by atoms with Gasteiger partial charge in [-0.25, -0.2) is 0 Å². The third-order valence-corrected chi connectivity index (χ3v) is 4.87. The topological polar surface area (TPSA) is 58.1 Å². The molecule has 1 aliphatic heterocycles. The van der Waals surface area contributed by atoms with Crippen LogP contribution in [0.2, 0.25) is 0 Å². The lowest BCUT2D eigenvalue weighted by Gasteiger charge is -2.37. The Morgan fingerprint density at radius 2 is 1.93 bits per heavy atom. The number of para-hydroxylation sites is 1. The first kappa shape index (κ1) is 24.0. The molecule has 6 nitrogen and oxygen atoms in total. The molecule has 2 N–H and O–H groups in total. The van der Waals surface area contributed by atoms with Crippen molar-refractivity contribution in [3.63, 3.8) is 0 Å². The summed E-state index contributed by atoms with van der Waals surface area (Å²) in [6.07, 6.45) is 0.891. The van der Waals surface area contributed by atoms with E-state index in [1.165, 1.54) is 5.56 Å². The largest absolute Gasteiger partial charge is 0.496 e. The zero-order valence-electron chi connectivity index (χ0n) is 17.0. The van der Waals surface area contributed by atoms with Crippen LogP contribution in [-0.4, -0.2) is 70.5 Å². The number of hydrogen-bond acceptors (Lipinski definition) is 4. The average molecular weight is 490 g/mol. The molecule has 0 amide bonds. The van der Waals surface area contributed by atoms with Crippen molar-refractivity contribution in [2.45, 2.75) is 26.3 Å². The minimum Gasteiger partial charge on any atom is -0.496 e. The molecule has 2 rings (SSSR count). The van der Waals surface area contributed by atoms with E-state index in [2.05, 4.69) is 40.4 Å². The van der Waals surface area contributed by atoms with Crippen LogP contribution in [0.25, 0.3) is 0 Å². The summed E-state index contributed by atoms with van der Waals surface area (Å²) >= 11 is 0. The average Bonchev–Trinajstić information content (AvgIpc) is 2.67. The van der Waals surface area contributed by atoms with Gasteiger partial charge in [-0.15, -0.1) is 24.0 Å². The molecule has 0 bridgehead atoms. The molecule has 0 spiro atoms. The summed E-state index contributed by atoms with van der Waals surface area (Å²) in [4.78, 5) is 6.88. The number of morpholine rings is 1. The Kier molecular flexibility index (Phi) is 11.7. The Balaban J connectivity index is 0.00000364. The lowest BCUT2D eigenvalue weighted by atomic mass is 10.0. The summed E-state index contributed by atoms with van der Waals surface area (Å²) in [5, 5.41) is 6.89. The zero-order chi connectivity index (χ0) is 18.8. The maximum absolute atomic E-state index is 5.48. The number of benzene rings is 1. The lowest BCUT2D eigenvalue weighted by Crippen LogP contribution is -2.52. The molecular formula is C20H35IN4O2.